The lowest BCUT2D eigenvalue weighted by Gasteiger charge is -2.34. The van der Waals surface area contributed by atoms with E-state index in [0.29, 0.717) is 26.3 Å². The summed E-state index contributed by atoms with van der Waals surface area (Å²) in [4.78, 5) is 0.582. The lowest BCUT2D eigenvalue weighted by atomic mass is 9.71. The maximum Gasteiger partial charge on any atom is 0.264 e. The van der Waals surface area contributed by atoms with E-state index in [4.69, 9.17) is 25.4 Å². The minimum Gasteiger partial charge on any atom is -0.506 e. The zero-order chi connectivity index (χ0) is 51.0. The summed E-state index contributed by atoms with van der Waals surface area (Å²) >= 11 is 4.71. The number of anilines is 4. The lowest BCUT2D eigenvalue weighted by Crippen LogP contribution is -2.40. The second-order valence-corrected chi connectivity index (χ2v) is 25.3. The molecule has 70 heavy (non-hydrogen) atoms. The number of azo groups is 1. The van der Waals surface area contributed by atoms with Crippen LogP contribution in [0.3, 0.4) is 0 Å². The molecule has 19 nitrogen and oxygen atoms in total. The van der Waals surface area contributed by atoms with Crippen molar-refractivity contribution in [3.8, 4) is 11.5 Å². The van der Waals surface area contributed by atoms with E-state index in [2.05, 4.69) is 59.8 Å². The highest BCUT2D eigenvalue weighted by molar-refractivity contribution is 7.93. The van der Waals surface area contributed by atoms with Crippen molar-refractivity contribution in [3.63, 3.8) is 0 Å². The molecule has 0 bridgehead atoms. The van der Waals surface area contributed by atoms with Crippen molar-refractivity contribution in [3.05, 3.63) is 88.9 Å². The summed E-state index contributed by atoms with van der Waals surface area (Å²) < 4.78 is 119. The monoisotopic (exact) mass is 1060 g/mol. The third kappa shape index (κ3) is 11.8. The van der Waals surface area contributed by atoms with E-state index in [1.54, 1.807) is 17.0 Å². The quantitative estimate of drug-likeness (QED) is 0.0353. The maximum atomic E-state index is 14.4. The smallest absolute Gasteiger partial charge is 0.264 e. The first kappa shape index (κ1) is 52.7. The molecular formula is C46H56ClN7O12S4. The van der Waals surface area contributed by atoms with Gasteiger partial charge in [-0.25, -0.2) is 29.5 Å². The largest absolute Gasteiger partial charge is 0.506 e. The highest BCUT2D eigenvalue weighted by atomic mass is 35.5. The van der Waals surface area contributed by atoms with Gasteiger partial charge >= 0.3 is 0 Å². The van der Waals surface area contributed by atoms with Gasteiger partial charge in [0.2, 0.25) is 10.0 Å². The van der Waals surface area contributed by atoms with Crippen LogP contribution in [0.5, 0.6) is 11.5 Å². The Kier molecular flexibility index (Phi) is 15.5. The van der Waals surface area contributed by atoms with E-state index in [1.807, 2.05) is 6.92 Å². The summed E-state index contributed by atoms with van der Waals surface area (Å²) in [7, 11) is -13.4. The molecule has 2 saturated heterocycles. The molecule has 5 aromatic carbocycles. The number of aryl methyl sites for hydroxylation is 1. The van der Waals surface area contributed by atoms with Gasteiger partial charge in [-0.2, -0.15) is 13.7 Å². The number of sulfonamides is 3. The number of nitrogens with one attached hydrogen (secondary N) is 3. The Bertz CT molecular complexity index is 3210. The fourth-order valence-corrected chi connectivity index (χ4v) is 13.5. The predicted molar refractivity (Wildman–Crippen MR) is 271 cm³/mol. The van der Waals surface area contributed by atoms with E-state index >= 15 is 0 Å². The molecule has 2 aliphatic heterocycles. The number of ether oxygens (including phenoxy) is 2. The van der Waals surface area contributed by atoms with Gasteiger partial charge in [0, 0.05) is 43.2 Å². The number of hydrogen-bond donors (Lipinski definition) is 5. The molecular weight excluding hydrogens is 1010 g/mol. The maximum absolute atomic E-state index is 14.4. The number of hydrogen-bond acceptors (Lipinski definition) is 16. The average molecular weight is 1060 g/mol. The van der Waals surface area contributed by atoms with E-state index in [0.717, 1.165) is 34.0 Å². The van der Waals surface area contributed by atoms with Crippen LogP contribution in [0.15, 0.2) is 97.7 Å². The molecule has 0 saturated carbocycles. The molecule has 1 atom stereocenters. The Morgan fingerprint density at radius 2 is 1.43 bits per heavy atom. The van der Waals surface area contributed by atoms with E-state index in [1.165, 1.54) is 54.8 Å². The summed E-state index contributed by atoms with van der Waals surface area (Å²) in [6, 6.07) is 16.5. The van der Waals surface area contributed by atoms with Crippen molar-refractivity contribution in [2.75, 3.05) is 78.7 Å². The number of aromatic hydroxyl groups is 2. The molecule has 0 spiro atoms. The van der Waals surface area contributed by atoms with Gasteiger partial charge in [-0.15, -0.1) is 5.11 Å². The number of phenols is 2. The van der Waals surface area contributed by atoms with E-state index < -0.39 is 56.7 Å². The molecule has 378 valence electrons. The molecule has 5 N–H and O–H groups in total. The van der Waals surface area contributed by atoms with Crippen LogP contribution < -0.4 is 19.8 Å². The van der Waals surface area contributed by atoms with Gasteiger partial charge in [0.1, 0.15) is 26.2 Å². The van der Waals surface area contributed by atoms with Crippen molar-refractivity contribution in [1.82, 2.24) is 4.31 Å². The highest BCUT2D eigenvalue weighted by Gasteiger charge is 2.33. The van der Waals surface area contributed by atoms with E-state index in [9.17, 15) is 39.7 Å². The van der Waals surface area contributed by atoms with Crippen molar-refractivity contribution in [2.45, 2.75) is 68.1 Å². The third-order valence-corrected chi connectivity index (χ3v) is 17.0. The molecule has 0 amide bonds. The SMILES string of the molecule is Cc1cc(NS(=O)(=O)c2cc(NS(=O)(=O)c3cc(N=Nc4cc(S(=O)(=O)N5CCOCC5)c(O)c5cccc(NOS(C)=O)c45)ccc3Cl)ccc2N2CCOCC2)c(O)cc1C(C)(C)CC(C)(C)C. The Hall–Kier alpha value is -5.11. The number of rotatable bonds is 16. The lowest BCUT2D eigenvalue weighted by molar-refractivity contribution is 0.0730. The summed E-state index contributed by atoms with van der Waals surface area (Å²) in [6.07, 6.45) is 2.06. The van der Waals surface area contributed by atoms with Gasteiger partial charge in [0.15, 0.2) is 11.1 Å². The Labute approximate surface area is 416 Å². The van der Waals surface area contributed by atoms with Crippen molar-refractivity contribution in [2.24, 2.45) is 15.6 Å². The first-order valence-corrected chi connectivity index (χ1v) is 28.3. The predicted octanol–water partition coefficient (Wildman–Crippen LogP) is 8.44. The van der Waals surface area contributed by atoms with Crippen molar-refractivity contribution < 1.29 is 53.4 Å². The first-order chi connectivity index (χ1) is 32.8. The molecule has 2 fully saturated rings. The van der Waals surface area contributed by atoms with Gasteiger partial charge < -0.3 is 24.6 Å². The topological polar surface area (TPSA) is 255 Å². The standard InChI is InChI=1S/C46H56ClN7O12S4/c1-29-23-36(39(55)26-33(29)46(5,6)28-45(2,3)4)52-69(60,61)41-25-31(12-14-38(41)53-15-19-64-20-16-53)51-68(58,59)40-24-30(11-13-34(40)47)48-49-37-27-42(70(62,63)54-17-21-65-22-18-54)44(56)32-9-8-10-35(43(32)37)50-66-67(7)57/h8-14,23-27,50-52,55-56H,15-22,28H2,1-7H3. The molecule has 0 aliphatic carbocycles. The number of fused-ring (bicyclic) bond motifs is 1. The molecule has 0 aromatic heterocycles. The van der Waals surface area contributed by atoms with Crippen LogP contribution in [0.2, 0.25) is 5.02 Å². The van der Waals surface area contributed by atoms with Crippen LogP contribution in [0.1, 0.15) is 52.2 Å². The molecule has 24 heteroatoms. The van der Waals surface area contributed by atoms with Crippen molar-refractivity contribution in [1.29, 1.82) is 0 Å². The number of halogens is 1. The van der Waals surface area contributed by atoms with Gasteiger partial charge in [-0.05, 0) is 96.0 Å². The average Bonchev–Trinajstić information content (AvgIpc) is 3.29. The normalized spacial score (nSPS) is 16.1. The molecule has 2 aliphatic rings. The van der Waals surface area contributed by atoms with Gasteiger partial charge in [0.25, 0.3) is 20.0 Å². The zero-order valence-corrected chi connectivity index (χ0v) is 43.6. The number of morpholine rings is 2. The zero-order valence-electron chi connectivity index (χ0n) is 39.6. The second kappa shape index (κ2) is 20.5. The highest BCUT2D eigenvalue weighted by Crippen LogP contribution is 2.45. The van der Waals surface area contributed by atoms with Crippen LogP contribution in [-0.2, 0) is 60.3 Å². The minimum absolute atomic E-state index is 0.0269. The number of phenolic OH excluding ortho intramolecular Hbond substituents is 2. The summed E-state index contributed by atoms with van der Waals surface area (Å²) in [5.74, 6) is -0.865. The fourth-order valence-electron chi connectivity index (χ4n) is 8.88. The van der Waals surface area contributed by atoms with Gasteiger partial charge in [-0.3, -0.25) is 14.9 Å². The fraction of sp³-hybridized carbons (Fsp3) is 0.391. The Morgan fingerprint density at radius 1 is 0.771 bits per heavy atom. The number of benzene rings is 5. The third-order valence-electron chi connectivity index (χ3n) is 11.6. The number of nitrogens with zero attached hydrogens (tertiary/aromatic N) is 4. The molecule has 2 heterocycles. The molecule has 0 radical (unpaired) electrons. The van der Waals surface area contributed by atoms with Crippen molar-refractivity contribution >= 4 is 97.6 Å². The minimum atomic E-state index is -4.61. The Morgan fingerprint density at radius 3 is 2.09 bits per heavy atom. The molecule has 5 aromatic rings. The van der Waals surface area contributed by atoms with Gasteiger partial charge in [0.05, 0.1) is 65.6 Å². The van der Waals surface area contributed by atoms with Gasteiger partial charge in [-0.1, -0.05) is 58.4 Å². The summed E-state index contributed by atoms with van der Waals surface area (Å²) in [5, 5.41) is 31.2. The first-order valence-electron chi connectivity index (χ1n) is 22.0. The van der Waals surface area contributed by atoms with Crippen LogP contribution in [0.25, 0.3) is 10.8 Å². The van der Waals surface area contributed by atoms with Crippen LogP contribution in [0, 0.1) is 12.3 Å². The van der Waals surface area contributed by atoms with Crippen LogP contribution >= 0.6 is 11.6 Å². The van der Waals surface area contributed by atoms with Crippen LogP contribution in [-0.4, -0.2) is 103 Å². The molecule has 1 unspecified atom stereocenters. The van der Waals surface area contributed by atoms with Crippen LogP contribution in [0.4, 0.5) is 34.1 Å². The summed E-state index contributed by atoms with van der Waals surface area (Å²) in [5.41, 5.74) is 3.85. The second-order valence-electron chi connectivity index (χ2n) is 18.7. The Balaban J connectivity index is 1.24. The summed E-state index contributed by atoms with van der Waals surface area (Å²) in [6.45, 7) is 14.1. The van der Waals surface area contributed by atoms with E-state index in [-0.39, 0.29) is 97.7 Å². The molecule has 7 rings (SSSR count).